The Morgan fingerprint density at radius 3 is 2.37 bits per heavy atom. The molecule has 2 rings (SSSR count). The minimum Gasteiger partial charge on any atom is -0.352 e. The first-order chi connectivity index (χ1) is 9.13. The average Bonchev–Trinajstić information content (AvgIpc) is 2.39. The third-order valence-corrected chi connectivity index (χ3v) is 3.14. The largest absolute Gasteiger partial charge is 0.352 e. The van der Waals surface area contributed by atoms with E-state index in [1.54, 1.807) is 18.2 Å². The fourth-order valence-corrected chi connectivity index (χ4v) is 2.04. The fraction of sp³-hybridized carbons (Fsp3) is 0.133. The molecule has 0 spiro atoms. The van der Waals surface area contributed by atoms with Crippen LogP contribution in [0.2, 0.25) is 10.0 Å². The minimum atomic E-state index is -0.0257. The van der Waals surface area contributed by atoms with Crippen LogP contribution < -0.4 is 5.32 Å². The predicted molar refractivity (Wildman–Crippen MR) is 78.5 cm³/mol. The van der Waals surface area contributed by atoms with Crippen LogP contribution in [0.3, 0.4) is 0 Å². The van der Waals surface area contributed by atoms with Crippen LogP contribution in [0, 0.1) is 0 Å². The van der Waals surface area contributed by atoms with Crippen LogP contribution in [0.1, 0.15) is 11.1 Å². The van der Waals surface area contributed by atoms with Crippen LogP contribution in [-0.2, 0) is 17.8 Å². The molecule has 0 aromatic heterocycles. The number of hydrogen-bond donors (Lipinski definition) is 1. The summed E-state index contributed by atoms with van der Waals surface area (Å²) in [6, 6.07) is 14.7. The van der Waals surface area contributed by atoms with E-state index in [1.165, 1.54) is 0 Å². The van der Waals surface area contributed by atoms with Crippen LogP contribution in [0.15, 0.2) is 48.5 Å². The molecular formula is C15H13Cl2NO. The van der Waals surface area contributed by atoms with Crippen molar-refractivity contribution in [3.63, 3.8) is 0 Å². The Balaban J connectivity index is 1.86. The van der Waals surface area contributed by atoms with Crippen molar-refractivity contribution < 1.29 is 4.79 Å². The highest BCUT2D eigenvalue weighted by atomic mass is 35.5. The van der Waals surface area contributed by atoms with Gasteiger partial charge in [0.25, 0.3) is 0 Å². The number of amides is 1. The van der Waals surface area contributed by atoms with E-state index < -0.39 is 0 Å². The lowest BCUT2D eigenvalue weighted by Crippen LogP contribution is -2.24. The molecule has 0 aliphatic rings. The van der Waals surface area contributed by atoms with E-state index in [-0.39, 0.29) is 5.91 Å². The fourth-order valence-electron chi connectivity index (χ4n) is 1.70. The van der Waals surface area contributed by atoms with Gasteiger partial charge in [-0.15, -0.1) is 0 Å². The lowest BCUT2D eigenvalue weighted by Gasteiger charge is -2.06. The third kappa shape index (κ3) is 4.58. The molecule has 0 saturated heterocycles. The van der Waals surface area contributed by atoms with E-state index >= 15 is 0 Å². The molecule has 4 heteroatoms. The smallest absolute Gasteiger partial charge is 0.224 e. The van der Waals surface area contributed by atoms with Crippen LogP contribution in [0.4, 0.5) is 0 Å². The van der Waals surface area contributed by atoms with E-state index in [0.717, 1.165) is 11.1 Å². The summed E-state index contributed by atoms with van der Waals surface area (Å²) in [5.41, 5.74) is 1.92. The normalized spacial score (nSPS) is 10.2. The molecule has 0 saturated carbocycles. The first kappa shape index (κ1) is 13.9. The van der Waals surface area contributed by atoms with Gasteiger partial charge in [-0.2, -0.15) is 0 Å². The first-order valence-corrected chi connectivity index (χ1v) is 6.64. The maximum absolute atomic E-state index is 11.8. The lowest BCUT2D eigenvalue weighted by atomic mass is 10.1. The Morgan fingerprint density at radius 1 is 0.947 bits per heavy atom. The summed E-state index contributed by atoms with van der Waals surface area (Å²) in [6.45, 7) is 0.479. The van der Waals surface area contributed by atoms with Crippen molar-refractivity contribution in [1.29, 1.82) is 0 Å². The monoisotopic (exact) mass is 293 g/mol. The highest BCUT2D eigenvalue weighted by Gasteiger charge is 2.03. The van der Waals surface area contributed by atoms with Crippen molar-refractivity contribution in [2.24, 2.45) is 0 Å². The Labute approximate surface area is 122 Å². The van der Waals surface area contributed by atoms with Crippen LogP contribution in [-0.4, -0.2) is 5.91 Å². The molecule has 0 heterocycles. The Bertz CT molecular complexity index is 567. The van der Waals surface area contributed by atoms with Gasteiger partial charge in [0.1, 0.15) is 0 Å². The van der Waals surface area contributed by atoms with Gasteiger partial charge < -0.3 is 5.32 Å². The number of rotatable bonds is 4. The highest BCUT2D eigenvalue weighted by Crippen LogP contribution is 2.11. The van der Waals surface area contributed by atoms with E-state index in [9.17, 15) is 4.79 Å². The van der Waals surface area contributed by atoms with Crippen molar-refractivity contribution in [3.05, 3.63) is 69.7 Å². The zero-order chi connectivity index (χ0) is 13.7. The molecule has 19 heavy (non-hydrogen) atoms. The molecule has 0 aliphatic heterocycles. The van der Waals surface area contributed by atoms with Gasteiger partial charge in [0.2, 0.25) is 5.91 Å². The highest BCUT2D eigenvalue weighted by molar-refractivity contribution is 6.30. The van der Waals surface area contributed by atoms with Crippen molar-refractivity contribution in [2.45, 2.75) is 13.0 Å². The van der Waals surface area contributed by atoms with Crippen molar-refractivity contribution in [1.82, 2.24) is 5.32 Å². The number of nitrogens with one attached hydrogen (secondary N) is 1. The number of hydrogen-bond acceptors (Lipinski definition) is 1. The van der Waals surface area contributed by atoms with Gasteiger partial charge in [-0.1, -0.05) is 47.5 Å². The Morgan fingerprint density at radius 2 is 1.68 bits per heavy atom. The second-order valence-corrected chi connectivity index (χ2v) is 5.08. The summed E-state index contributed by atoms with van der Waals surface area (Å²) < 4.78 is 0. The van der Waals surface area contributed by atoms with E-state index in [0.29, 0.717) is 23.0 Å². The quantitative estimate of drug-likeness (QED) is 0.911. The van der Waals surface area contributed by atoms with Crippen molar-refractivity contribution in [3.8, 4) is 0 Å². The molecule has 0 bridgehead atoms. The predicted octanol–water partition coefficient (Wildman–Crippen LogP) is 3.85. The van der Waals surface area contributed by atoms with Gasteiger partial charge in [-0.3, -0.25) is 4.79 Å². The molecule has 2 aromatic carbocycles. The SMILES string of the molecule is O=C(Cc1ccc(Cl)cc1)NCc1cccc(Cl)c1. The summed E-state index contributed by atoms with van der Waals surface area (Å²) in [5.74, 6) is -0.0257. The van der Waals surface area contributed by atoms with Gasteiger partial charge in [-0.05, 0) is 35.4 Å². The molecule has 0 atom stereocenters. The van der Waals surface area contributed by atoms with Crippen LogP contribution in [0.25, 0.3) is 0 Å². The van der Waals surface area contributed by atoms with Gasteiger partial charge in [-0.25, -0.2) is 0 Å². The Hall–Kier alpha value is -1.51. The summed E-state index contributed by atoms with van der Waals surface area (Å²) >= 11 is 11.7. The van der Waals surface area contributed by atoms with Crippen molar-refractivity contribution in [2.75, 3.05) is 0 Å². The third-order valence-electron chi connectivity index (χ3n) is 2.66. The molecule has 2 nitrogen and oxygen atoms in total. The van der Waals surface area contributed by atoms with Gasteiger partial charge in [0, 0.05) is 16.6 Å². The molecular weight excluding hydrogens is 281 g/mol. The summed E-state index contributed by atoms with van der Waals surface area (Å²) in [4.78, 5) is 11.8. The second-order valence-electron chi connectivity index (χ2n) is 4.21. The second kappa shape index (κ2) is 6.60. The number of halogens is 2. The molecule has 0 aliphatic carbocycles. The van der Waals surface area contributed by atoms with Crippen LogP contribution in [0.5, 0.6) is 0 Å². The van der Waals surface area contributed by atoms with E-state index in [1.807, 2.05) is 30.3 Å². The number of carbonyl (C=O) groups excluding carboxylic acids is 1. The average molecular weight is 294 g/mol. The summed E-state index contributed by atoms with van der Waals surface area (Å²) in [7, 11) is 0. The van der Waals surface area contributed by atoms with E-state index in [4.69, 9.17) is 23.2 Å². The standard InChI is InChI=1S/C15H13Cl2NO/c16-13-6-4-11(5-7-13)9-15(19)18-10-12-2-1-3-14(17)8-12/h1-8H,9-10H2,(H,18,19). The van der Waals surface area contributed by atoms with Gasteiger partial charge in [0.05, 0.1) is 6.42 Å². The van der Waals surface area contributed by atoms with E-state index in [2.05, 4.69) is 5.32 Å². The molecule has 0 radical (unpaired) electrons. The maximum Gasteiger partial charge on any atom is 0.224 e. The summed E-state index contributed by atoms with van der Waals surface area (Å²) in [6.07, 6.45) is 0.345. The molecule has 1 amide bonds. The zero-order valence-electron chi connectivity index (χ0n) is 10.2. The minimum absolute atomic E-state index is 0.0257. The summed E-state index contributed by atoms with van der Waals surface area (Å²) in [5, 5.41) is 4.20. The Kier molecular flexibility index (Phi) is 4.83. The topological polar surface area (TPSA) is 29.1 Å². The molecule has 0 fully saturated rings. The molecule has 2 aromatic rings. The van der Waals surface area contributed by atoms with Crippen LogP contribution >= 0.6 is 23.2 Å². The number of carbonyl (C=O) groups is 1. The molecule has 0 unspecified atom stereocenters. The zero-order valence-corrected chi connectivity index (χ0v) is 11.7. The lowest BCUT2D eigenvalue weighted by molar-refractivity contribution is -0.120. The number of benzene rings is 2. The van der Waals surface area contributed by atoms with Crippen molar-refractivity contribution >= 4 is 29.1 Å². The molecule has 98 valence electrons. The first-order valence-electron chi connectivity index (χ1n) is 5.89. The van der Waals surface area contributed by atoms with Gasteiger partial charge >= 0.3 is 0 Å². The van der Waals surface area contributed by atoms with Gasteiger partial charge in [0.15, 0.2) is 0 Å². The maximum atomic E-state index is 11.8. The molecule has 1 N–H and O–H groups in total.